The summed E-state index contributed by atoms with van der Waals surface area (Å²) in [6.07, 6.45) is 4.22. The molecule has 0 unspecified atom stereocenters. The largest absolute Gasteiger partial charge is 0.398 e. The van der Waals surface area contributed by atoms with Gasteiger partial charge in [0.15, 0.2) is 5.65 Å². The van der Waals surface area contributed by atoms with Crippen molar-refractivity contribution in [3.8, 4) is 5.69 Å². The maximum Gasteiger partial charge on any atom is 0.264 e. The fraction of sp³-hybridized carbons (Fsp3) is 0.320. The van der Waals surface area contributed by atoms with Crippen LogP contribution >= 0.6 is 0 Å². The average molecular weight is 445 g/mol. The summed E-state index contributed by atoms with van der Waals surface area (Å²) in [6.45, 7) is 4.46. The molecule has 33 heavy (non-hydrogen) atoms. The lowest BCUT2D eigenvalue weighted by Crippen LogP contribution is -2.47. The van der Waals surface area contributed by atoms with Crippen LogP contribution in [0.3, 0.4) is 0 Å². The van der Waals surface area contributed by atoms with Gasteiger partial charge in [-0.3, -0.25) is 14.3 Å². The smallest absolute Gasteiger partial charge is 0.264 e. The van der Waals surface area contributed by atoms with Crippen LogP contribution in [0, 0.1) is 6.92 Å². The molecule has 3 heterocycles. The van der Waals surface area contributed by atoms with Gasteiger partial charge in [-0.05, 0) is 43.0 Å². The summed E-state index contributed by atoms with van der Waals surface area (Å²) < 4.78 is 3.17. The molecule has 0 atom stereocenters. The summed E-state index contributed by atoms with van der Waals surface area (Å²) in [6, 6.07) is 15.7. The van der Waals surface area contributed by atoms with Gasteiger partial charge in [-0.1, -0.05) is 36.4 Å². The minimum Gasteiger partial charge on any atom is -0.398 e. The Balaban J connectivity index is 1.30. The Bertz CT molecular complexity index is 1340. The van der Waals surface area contributed by atoms with E-state index in [2.05, 4.69) is 21.0 Å². The number of nitrogen functional groups attached to an aromatic ring is 1. The molecule has 170 valence electrons. The van der Waals surface area contributed by atoms with Crippen molar-refractivity contribution < 1.29 is 5.11 Å². The lowest BCUT2D eigenvalue weighted by atomic mass is 9.91. The van der Waals surface area contributed by atoms with Crippen molar-refractivity contribution in [2.45, 2.75) is 38.5 Å². The van der Waals surface area contributed by atoms with Crippen LogP contribution in [0.5, 0.6) is 0 Å². The van der Waals surface area contributed by atoms with E-state index in [1.807, 2.05) is 49.4 Å². The third-order valence-electron chi connectivity index (χ3n) is 6.62. The molecule has 0 radical (unpaired) electrons. The summed E-state index contributed by atoms with van der Waals surface area (Å²) in [5, 5.41) is 16.0. The number of aromatic nitrogens is 4. The molecule has 0 spiro atoms. The van der Waals surface area contributed by atoms with E-state index in [1.54, 1.807) is 10.9 Å². The van der Waals surface area contributed by atoms with E-state index in [0.29, 0.717) is 23.9 Å². The predicted molar refractivity (Wildman–Crippen MR) is 128 cm³/mol. The Hall–Kier alpha value is -3.49. The quantitative estimate of drug-likeness (QED) is 0.459. The Kier molecular flexibility index (Phi) is 5.47. The molecule has 8 nitrogen and oxygen atoms in total. The van der Waals surface area contributed by atoms with E-state index in [-0.39, 0.29) is 12.1 Å². The van der Waals surface area contributed by atoms with Crippen molar-refractivity contribution in [1.82, 2.24) is 24.2 Å². The van der Waals surface area contributed by atoms with E-state index < -0.39 is 5.60 Å². The summed E-state index contributed by atoms with van der Waals surface area (Å²) in [7, 11) is 0. The number of fused-ring (bicyclic) bond motifs is 1. The molecule has 0 bridgehead atoms. The average Bonchev–Trinajstić information content (AvgIpc) is 3.26. The molecule has 5 rings (SSSR count). The zero-order valence-electron chi connectivity index (χ0n) is 18.7. The van der Waals surface area contributed by atoms with Crippen molar-refractivity contribution in [3.05, 3.63) is 82.5 Å². The van der Waals surface area contributed by atoms with Gasteiger partial charge in [-0.2, -0.15) is 5.10 Å². The second-order valence-electron chi connectivity index (χ2n) is 8.96. The van der Waals surface area contributed by atoms with Gasteiger partial charge >= 0.3 is 0 Å². The Morgan fingerprint density at radius 2 is 1.85 bits per heavy atom. The van der Waals surface area contributed by atoms with Crippen molar-refractivity contribution in [2.75, 3.05) is 18.8 Å². The Labute approximate surface area is 191 Å². The maximum atomic E-state index is 13.1. The van der Waals surface area contributed by atoms with E-state index in [0.717, 1.165) is 42.1 Å². The summed E-state index contributed by atoms with van der Waals surface area (Å²) in [5.41, 5.74) is 9.47. The number of nitrogens with zero attached hydrogens (tertiary/aromatic N) is 5. The van der Waals surface area contributed by atoms with E-state index in [1.165, 1.54) is 10.9 Å². The standard InChI is InChI=1S/C25H28N6O2/c1-18-6-5-7-19(22(18)26)15-29-12-10-25(33,11-13-29)16-30-17-27-23-21(24(30)32)14-28-31(23)20-8-3-2-4-9-20/h2-9,14,17,33H,10-13,15-16,26H2,1H3. The van der Waals surface area contributed by atoms with Crippen molar-refractivity contribution in [3.63, 3.8) is 0 Å². The van der Waals surface area contributed by atoms with E-state index in [4.69, 9.17) is 5.73 Å². The topological polar surface area (TPSA) is 102 Å². The van der Waals surface area contributed by atoms with Crippen LogP contribution in [0.25, 0.3) is 16.7 Å². The molecule has 1 saturated heterocycles. The third kappa shape index (κ3) is 4.15. The van der Waals surface area contributed by atoms with Crippen molar-refractivity contribution in [1.29, 1.82) is 0 Å². The molecule has 8 heteroatoms. The second-order valence-corrected chi connectivity index (χ2v) is 8.96. The van der Waals surface area contributed by atoms with Gasteiger partial charge in [0.1, 0.15) is 11.7 Å². The van der Waals surface area contributed by atoms with Crippen molar-refractivity contribution in [2.24, 2.45) is 0 Å². The molecule has 1 fully saturated rings. The molecule has 1 aliphatic heterocycles. The highest BCUT2D eigenvalue weighted by Gasteiger charge is 2.33. The van der Waals surface area contributed by atoms with Gasteiger partial charge in [-0.15, -0.1) is 0 Å². The number of anilines is 1. The first-order valence-electron chi connectivity index (χ1n) is 11.2. The molecule has 1 aliphatic rings. The molecular weight excluding hydrogens is 416 g/mol. The van der Waals surface area contributed by atoms with Gasteiger partial charge in [0.25, 0.3) is 5.56 Å². The Morgan fingerprint density at radius 3 is 2.61 bits per heavy atom. The van der Waals surface area contributed by atoms with E-state index >= 15 is 0 Å². The number of likely N-dealkylation sites (tertiary alicyclic amines) is 1. The highest BCUT2D eigenvalue weighted by Crippen LogP contribution is 2.27. The molecule has 0 amide bonds. The van der Waals surface area contributed by atoms with Crippen molar-refractivity contribution >= 4 is 16.7 Å². The van der Waals surface area contributed by atoms with E-state index in [9.17, 15) is 9.90 Å². The highest BCUT2D eigenvalue weighted by molar-refractivity contribution is 5.74. The zero-order valence-corrected chi connectivity index (χ0v) is 18.7. The minimum absolute atomic E-state index is 0.189. The molecule has 4 aromatic rings. The number of aryl methyl sites for hydroxylation is 1. The zero-order chi connectivity index (χ0) is 23.0. The van der Waals surface area contributed by atoms with Crippen LogP contribution < -0.4 is 11.3 Å². The molecule has 2 aromatic carbocycles. The van der Waals surface area contributed by atoms with Crippen LogP contribution in [0.15, 0.2) is 65.8 Å². The fourth-order valence-corrected chi connectivity index (χ4v) is 4.54. The normalized spacial score (nSPS) is 16.3. The number of piperidine rings is 1. The molecule has 0 aliphatic carbocycles. The summed E-state index contributed by atoms with van der Waals surface area (Å²) in [5.74, 6) is 0. The monoisotopic (exact) mass is 444 g/mol. The van der Waals surface area contributed by atoms with Gasteiger partial charge in [-0.25, -0.2) is 9.67 Å². The number of hydrogen-bond donors (Lipinski definition) is 2. The van der Waals surface area contributed by atoms with Gasteiger partial charge in [0, 0.05) is 25.3 Å². The number of rotatable bonds is 5. The molecule has 0 saturated carbocycles. The lowest BCUT2D eigenvalue weighted by Gasteiger charge is -2.38. The van der Waals surface area contributed by atoms with Gasteiger partial charge in [0.2, 0.25) is 0 Å². The second kappa shape index (κ2) is 8.46. The number of benzene rings is 2. The maximum absolute atomic E-state index is 13.1. The van der Waals surface area contributed by atoms with Crippen LogP contribution in [0.2, 0.25) is 0 Å². The first-order chi connectivity index (χ1) is 15.9. The summed E-state index contributed by atoms with van der Waals surface area (Å²) >= 11 is 0. The van der Waals surface area contributed by atoms with Crippen LogP contribution in [-0.4, -0.2) is 48.0 Å². The van der Waals surface area contributed by atoms with Crippen LogP contribution in [0.4, 0.5) is 5.69 Å². The summed E-state index contributed by atoms with van der Waals surface area (Å²) in [4.78, 5) is 19.9. The molecule has 2 aromatic heterocycles. The minimum atomic E-state index is -0.955. The molecule has 3 N–H and O–H groups in total. The number of nitrogens with two attached hydrogens (primary N) is 1. The highest BCUT2D eigenvalue weighted by atomic mass is 16.3. The lowest BCUT2D eigenvalue weighted by molar-refractivity contribution is -0.0364. The number of hydrogen-bond acceptors (Lipinski definition) is 6. The van der Waals surface area contributed by atoms with Gasteiger partial charge < -0.3 is 10.8 Å². The van der Waals surface area contributed by atoms with Gasteiger partial charge in [0.05, 0.1) is 24.0 Å². The fourth-order valence-electron chi connectivity index (χ4n) is 4.54. The first-order valence-corrected chi connectivity index (χ1v) is 11.2. The number of aliphatic hydroxyl groups is 1. The number of para-hydroxylation sites is 2. The molecular formula is C25H28N6O2. The first kappa shape index (κ1) is 21.4. The Morgan fingerprint density at radius 1 is 1.09 bits per heavy atom. The SMILES string of the molecule is Cc1cccc(CN2CCC(O)(Cn3cnc4c(cnn4-c4ccccc4)c3=O)CC2)c1N. The van der Waals surface area contributed by atoms with Crippen LogP contribution in [-0.2, 0) is 13.1 Å². The third-order valence-corrected chi connectivity index (χ3v) is 6.62. The van der Waals surface area contributed by atoms with Crippen LogP contribution in [0.1, 0.15) is 24.0 Å². The predicted octanol–water partition coefficient (Wildman–Crippen LogP) is 2.50.